The Labute approximate surface area is 176 Å². The minimum absolute atomic E-state index is 0.0153. The van der Waals surface area contributed by atoms with Crippen molar-refractivity contribution in [3.8, 4) is 11.6 Å². The Morgan fingerprint density at radius 2 is 1.90 bits per heavy atom. The van der Waals surface area contributed by atoms with Crippen LogP contribution in [-0.4, -0.2) is 57.9 Å². The number of methoxy groups -OCH3 is 1. The predicted octanol–water partition coefficient (Wildman–Crippen LogP) is 3.48. The molecule has 9 heteroatoms. The summed E-state index contributed by atoms with van der Waals surface area (Å²) in [6.45, 7) is 3.66. The van der Waals surface area contributed by atoms with E-state index in [1.807, 2.05) is 12.1 Å². The van der Waals surface area contributed by atoms with E-state index in [9.17, 15) is 5.11 Å². The van der Waals surface area contributed by atoms with Gasteiger partial charge in [0, 0.05) is 36.7 Å². The topological polar surface area (TPSA) is 66.1 Å². The number of aromatic nitrogens is 3. The molecule has 1 unspecified atom stereocenters. The fraction of sp³-hybridized carbons (Fsp3) is 0.300. The Balaban J connectivity index is 1.39. The molecule has 4 heterocycles. The van der Waals surface area contributed by atoms with Crippen LogP contribution in [0.3, 0.4) is 0 Å². The number of rotatable bonds is 5. The highest BCUT2D eigenvalue weighted by Crippen LogP contribution is 2.41. The number of hydrogen-bond donors (Lipinski definition) is 1. The van der Waals surface area contributed by atoms with Crippen LogP contribution >= 0.6 is 22.7 Å². The van der Waals surface area contributed by atoms with Gasteiger partial charge in [-0.15, -0.1) is 11.3 Å². The monoisotopic (exact) mass is 427 g/mol. The van der Waals surface area contributed by atoms with Crippen molar-refractivity contribution < 1.29 is 9.84 Å². The fourth-order valence-corrected chi connectivity index (χ4v) is 5.85. The Kier molecular flexibility index (Phi) is 4.86. The average molecular weight is 428 g/mol. The fourth-order valence-electron chi connectivity index (χ4n) is 3.83. The van der Waals surface area contributed by atoms with Gasteiger partial charge in [0.15, 0.2) is 0 Å². The summed E-state index contributed by atoms with van der Waals surface area (Å²) in [7, 11) is 1.69. The molecule has 29 heavy (non-hydrogen) atoms. The zero-order valence-electron chi connectivity index (χ0n) is 15.9. The molecular formula is C20H21N5O2S2. The quantitative estimate of drug-likeness (QED) is 0.526. The van der Waals surface area contributed by atoms with Crippen molar-refractivity contribution in [1.82, 2.24) is 19.5 Å². The number of thiazole rings is 1. The maximum Gasteiger partial charge on any atom is 0.230 e. The largest absolute Gasteiger partial charge is 0.497 e. The van der Waals surface area contributed by atoms with Crippen LogP contribution in [0, 0.1) is 0 Å². The molecule has 150 valence electrons. The van der Waals surface area contributed by atoms with Crippen molar-refractivity contribution in [2.75, 3.05) is 38.2 Å². The molecule has 3 aromatic heterocycles. The second kappa shape index (κ2) is 7.66. The number of nitrogens with zero attached hydrogens (tertiary/aromatic N) is 5. The molecule has 1 aromatic carbocycles. The summed E-state index contributed by atoms with van der Waals surface area (Å²) in [5.74, 6) is 1.07. The summed E-state index contributed by atoms with van der Waals surface area (Å²) in [6.07, 6.45) is 1.48. The van der Waals surface area contributed by atoms with E-state index in [4.69, 9.17) is 4.74 Å². The maximum absolute atomic E-state index is 10.8. The molecule has 1 N–H and O–H groups in total. The van der Waals surface area contributed by atoms with Crippen molar-refractivity contribution in [2.45, 2.75) is 6.04 Å². The van der Waals surface area contributed by atoms with Crippen LogP contribution in [0.15, 0.2) is 48.1 Å². The number of ether oxygens (including phenoxy) is 1. The number of aromatic hydroxyl groups is 1. The standard InChI is InChI=1S/C20H21N5O2S2/c1-27-15-6-4-14(5-7-15)23-8-10-24(11-9-23)17(16-3-2-12-28-16)18-19(26)25-20(29-18)21-13-22-25/h2-7,12-13,17,26H,8-11H2,1H3. The molecule has 4 aromatic rings. The van der Waals surface area contributed by atoms with Crippen LogP contribution in [0.4, 0.5) is 5.69 Å². The SMILES string of the molecule is COc1ccc(N2CCN(C(c3cccs3)c3sc4ncnn4c3O)CC2)cc1. The Morgan fingerprint density at radius 1 is 1.10 bits per heavy atom. The van der Waals surface area contributed by atoms with Crippen molar-refractivity contribution in [2.24, 2.45) is 0 Å². The number of fused-ring (bicyclic) bond motifs is 1. The highest BCUT2D eigenvalue weighted by Gasteiger charge is 2.32. The van der Waals surface area contributed by atoms with E-state index in [0.717, 1.165) is 41.8 Å². The number of benzene rings is 1. The third kappa shape index (κ3) is 3.35. The number of anilines is 1. The highest BCUT2D eigenvalue weighted by atomic mass is 32.1. The molecule has 0 bridgehead atoms. The molecule has 1 saturated heterocycles. The lowest BCUT2D eigenvalue weighted by atomic mass is 10.1. The van der Waals surface area contributed by atoms with Crippen LogP contribution in [0.5, 0.6) is 11.6 Å². The van der Waals surface area contributed by atoms with E-state index in [-0.39, 0.29) is 11.9 Å². The van der Waals surface area contributed by atoms with Crippen LogP contribution in [0.25, 0.3) is 4.96 Å². The predicted molar refractivity (Wildman–Crippen MR) is 115 cm³/mol. The first-order valence-electron chi connectivity index (χ1n) is 9.42. The molecule has 5 rings (SSSR count). The summed E-state index contributed by atoms with van der Waals surface area (Å²) in [6, 6.07) is 12.4. The van der Waals surface area contributed by atoms with E-state index in [1.54, 1.807) is 18.4 Å². The molecule has 0 radical (unpaired) electrons. The van der Waals surface area contributed by atoms with Gasteiger partial charge in [0.05, 0.1) is 18.0 Å². The van der Waals surface area contributed by atoms with Crippen LogP contribution in [0.1, 0.15) is 15.8 Å². The Hall–Kier alpha value is -2.62. The molecule has 0 aliphatic carbocycles. The summed E-state index contributed by atoms with van der Waals surface area (Å²) in [5, 5.41) is 17.0. The Morgan fingerprint density at radius 3 is 2.55 bits per heavy atom. The van der Waals surface area contributed by atoms with Gasteiger partial charge in [0.25, 0.3) is 0 Å². The minimum Gasteiger partial charge on any atom is -0.497 e. The van der Waals surface area contributed by atoms with Gasteiger partial charge in [0.2, 0.25) is 10.8 Å². The van der Waals surface area contributed by atoms with Gasteiger partial charge < -0.3 is 14.7 Å². The molecule has 0 spiro atoms. The van der Waals surface area contributed by atoms with E-state index in [2.05, 4.69) is 49.5 Å². The van der Waals surface area contributed by atoms with Gasteiger partial charge in [-0.3, -0.25) is 4.90 Å². The highest BCUT2D eigenvalue weighted by molar-refractivity contribution is 7.17. The minimum atomic E-state index is 0.0153. The van der Waals surface area contributed by atoms with E-state index in [1.165, 1.54) is 32.7 Å². The lowest BCUT2D eigenvalue weighted by molar-refractivity contribution is 0.213. The van der Waals surface area contributed by atoms with E-state index >= 15 is 0 Å². The smallest absolute Gasteiger partial charge is 0.230 e. The maximum atomic E-state index is 10.8. The van der Waals surface area contributed by atoms with Gasteiger partial charge in [0.1, 0.15) is 12.1 Å². The van der Waals surface area contributed by atoms with Gasteiger partial charge in [-0.2, -0.15) is 9.61 Å². The zero-order chi connectivity index (χ0) is 19.8. The van der Waals surface area contributed by atoms with Gasteiger partial charge >= 0.3 is 0 Å². The summed E-state index contributed by atoms with van der Waals surface area (Å²) >= 11 is 3.23. The molecule has 1 fully saturated rings. The molecule has 1 aliphatic rings. The lowest BCUT2D eigenvalue weighted by Crippen LogP contribution is -2.47. The molecule has 1 atom stereocenters. The summed E-state index contributed by atoms with van der Waals surface area (Å²) in [4.78, 5) is 11.9. The molecule has 1 aliphatic heterocycles. The van der Waals surface area contributed by atoms with Crippen molar-refractivity contribution >= 4 is 33.3 Å². The van der Waals surface area contributed by atoms with Crippen molar-refractivity contribution in [1.29, 1.82) is 0 Å². The van der Waals surface area contributed by atoms with E-state index < -0.39 is 0 Å². The molecular weight excluding hydrogens is 406 g/mol. The Bertz CT molecular complexity index is 1080. The van der Waals surface area contributed by atoms with Gasteiger partial charge in [-0.05, 0) is 35.7 Å². The first kappa shape index (κ1) is 18.4. The molecule has 7 nitrogen and oxygen atoms in total. The van der Waals surface area contributed by atoms with Gasteiger partial charge in [-0.25, -0.2) is 4.98 Å². The lowest BCUT2D eigenvalue weighted by Gasteiger charge is -2.39. The third-order valence-electron chi connectivity index (χ3n) is 5.32. The normalized spacial score (nSPS) is 16.4. The van der Waals surface area contributed by atoms with Crippen LogP contribution in [0.2, 0.25) is 0 Å². The second-order valence-corrected chi connectivity index (χ2v) is 8.87. The van der Waals surface area contributed by atoms with E-state index in [0.29, 0.717) is 0 Å². The average Bonchev–Trinajstić information content (AvgIpc) is 3.50. The van der Waals surface area contributed by atoms with Gasteiger partial charge in [-0.1, -0.05) is 17.4 Å². The first-order chi connectivity index (χ1) is 14.2. The van der Waals surface area contributed by atoms with Crippen LogP contribution < -0.4 is 9.64 Å². The second-order valence-electron chi connectivity index (χ2n) is 6.88. The van der Waals surface area contributed by atoms with Crippen molar-refractivity contribution in [3.63, 3.8) is 0 Å². The number of hydrogen-bond acceptors (Lipinski definition) is 8. The molecule has 0 amide bonds. The van der Waals surface area contributed by atoms with Crippen molar-refractivity contribution in [3.05, 3.63) is 57.9 Å². The number of thiophene rings is 1. The van der Waals surface area contributed by atoms with Crippen LogP contribution in [-0.2, 0) is 0 Å². The zero-order valence-corrected chi connectivity index (χ0v) is 17.6. The molecule has 0 saturated carbocycles. The summed E-state index contributed by atoms with van der Waals surface area (Å²) in [5.41, 5.74) is 1.21. The third-order valence-corrected chi connectivity index (χ3v) is 7.33. The summed E-state index contributed by atoms with van der Waals surface area (Å²) < 4.78 is 6.79. The first-order valence-corrected chi connectivity index (χ1v) is 11.1. The number of piperazine rings is 1.